The van der Waals surface area contributed by atoms with Gasteiger partial charge in [0.1, 0.15) is 0 Å². The van der Waals surface area contributed by atoms with Crippen molar-refractivity contribution in [2.24, 2.45) is 0 Å². The van der Waals surface area contributed by atoms with Crippen molar-refractivity contribution in [1.29, 1.82) is 0 Å². The molecule has 2 rings (SSSR count). The summed E-state index contributed by atoms with van der Waals surface area (Å²) in [7, 11) is 3.81. The van der Waals surface area contributed by atoms with Crippen LogP contribution in [0, 0.1) is 0 Å². The molecule has 0 fully saturated rings. The number of nitrogens with one attached hydrogen (secondary N) is 1. The normalized spacial score (nSPS) is 15.6. The van der Waals surface area contributed by atoms with E-state index in [-0.39, 0.29) is 11.9 Å². The van der Waals surface area contributed by atoms with Gasteiger partial charge in [-0.25, -0.2) is 0 Å². The van der Waals surface area contributed by atoms with Crippen LogP contribution in [0.5, 0.6) is 0 Å². The number of carbonyl (C=O) groups is 1. The fraction of sp³-hybridized carbons (Fsp3) is 0.571. The fourth-order valence-corrected chi connectivity index (χ4v) is 2.14. The molecule has 1 N–H and O–H groups in total. The van der Waals surface area contributed by atoms with Gasteiger partial charge >= 0.3 is 0 Å². The summed E-state index contributed by atoms with van der Waals surface area (Å²) < 4.78 is 0. The van der Waals surface area contributed by atoms with E-state index in [0.717, 1.165) is 18.4 Å². The molecular weight excluding hydrogens is 226 g/mol. The second kappa shape index (κ2) is 5.48. The van der Waals surface area contributed by atoms with Crippen LogP contribution < -0.4 is 5.32 Å². The molecule has 1 aliphatic rings. The Morgan fingerprint density at radius 2 is 2.28 bits per heavy atom. The van der Waals surface area contributed by atoms with E-state index in [1.54, 1.807) is 0 Å². The smallest absolute Gasteiger partial charge is 0.237 e. The molecule has 1 aliphatic carbocycles. The zero-order valence-corrected chi connectivity index (χ0v) is 11.4. The van der Waals surface area contributed by atoms with E-state index in [9.17, 15) is 4.79 Å². The molecule has 1 aromatic heterocycles. The van der Waals surface area contributed by atoms with E-state index in [4.69, 9.17) is 0 Å². The molecule has 0 aliphatic heterocycles. The molecule has 0 saturated heterocycles. The van der Waals surface area contributed by atoms with Crippen LogP contribution in [0.4, 0.5) is 0 Å². The van der Waals surface area contributed by atoms with Crippen LogP contribution in [-0.4, -0.2) is 35.9 Å². The Morgan fingerprint density at radius 3 is 3.00 bits per heavy atom. The Hall–Kier alpha value is -1.42. The highest BCUT2D eigenvalue weighted by molar-refractivity contribution is 5.81. The third-order valence-electron chi connectivity index (χ3n) is 3.60. The van der Waals surface area contributed by atoms with Crippen molar-refractivity contribution in [2.45, 2.75) is 38.8 Å². The first kappa shape index (κ1) is 13.0. The van der Waals surface area contributed by atoms with E-state index in [1.165, 1.54) is 17.7 Å². The first-order valence-electron chi connectivity index (χ1n) is 6.48. The van der Waals surface area contributed by atoms with Crippen molar-refractivity contribution in [3.63, 3.8) is 0 Å². The lowest BCUT2D eigenvalue weighted by atomic mass is 10.1. The van der Waals surface area contributed by atoms with Crippen LogP contribution in [0.1, 0.15) is 30.2 Å². The lowest BCUT2D eigenvalue weighted by Gasteiger charge is -2.18. The number of pyridine rings is 1. The molecular formula is C14H21N3O. The van der Waals surface area contributed by atoms with Crippen molar-refractivity contribution in [2.75, 3.05) is 14.1 Å². The average molecular weight is 247 g/mol. The Kier molecular flexibility index (Phi) is 3.97. The molecule has 1 unspecified atom stereocenters. The summed E-state index contributed by atoms with van der Waals surface area (Å²) in [5, 5.41) is 2.95. The van der Waals surface area contributed by atoms with Crippen molar-refractivity contribution in [1.82, 2.24) is 15.2 Å². The molecule has 1 aromatic rings. The minimum Gasteiger partial charge on any atom is -0.351 e. The number of aryl methyl sites for hydroxylation is 2. The van der Waals surface area contributed by atoms with Gasteiger partial charge in [-0.15, -0.1) is 0 Å². The molecule has 0 aromatic carbocycles. The Bertz CT molecular complexity index is 443. The molecule has 4 nitrogen and oxygen atoms in total. The van der Waals surface area contributed by atoms with Gasteiger partial charge < -0.3 is 5.32 Å². The molecule has 1 amide bonds. The highest BCUT2D eigenvalue weighted by atomic mass is 16.2. The summed E-state index contributed by atoms with van der Waals surface area (Å²) in [5.41, 5.74) is 3.67. The highest BCUT2D eigenvalue weighted by Gasteiger charge is 2.15. The molecule has 18 heavy (non-hydrogen) atoms. The summed E-state index contributed by atoms with van der Waals surface area (Å²) in [5.74, 6) is 0.0560. The van der Waals surface area contributed by atoms with Gasteiger partial charge in [0.2, 0.25) is 5.91 Å². The van der Waals surface area contributed by atoms with Gasteiger partial charge in [0.25, 0.3) is 0 Å². The summed E-state index contributed by atoms with van der Waals surface area (Å²) >= 11 is 0. The van der Waals surface area contributed by atoms with Gasteiger partial charge in [0, 0.05) is 18.4 Å². The first-order chi connectivity index (χ1) is 8.58. The minimum absolute atomic E-state index is 0.0560. The number of amides is 1. The number of likely N-dealkylation sites (N-methyl/N-ethyl adjacent to an activating group) is 1. The lowest BCUT2D eigenvalue weighted by Crippen LogP contribution is -2.41. The second-order valence-electron chi connectivity index (χ2n) is 5.16. The quantitative estimate of drug-likeness (QED) is 0.867. The van der Waals surface area contributed by atoms with E-state index in [2.05, 4.69) is 16.4 Å². The second-order valence-corrected chi connectivity index (χ2v) is 5.16. The average Bonchev–Trinajstić information content (AvgIpc) is 2.82. The third-order valence-corrected chi connectivity index (χ3v) is 3.60. The van der Waals surface area contributed by atoms with Crippen molar-refractivity contribution in [3.05, 3.63) is 29.1 Å². The van der Waals surface area contributed by atoms with E-state index in [0.29, 0.717) is 6.54 Å². The number of fused-ring (bicyclic) bond motifs is 1. The zero-order chi connectivity index (χ0) is 13.1. The van der Waals surface area contributed by atoms with Crippen LogP contribution >= 0.6 is 0 Å². The molecule has 0 bridgehead atoms. The summed E-state index contributed by atoms with van der Waals surface area (Å²) in [4.78, 5) is 18.2. The van der Waals surface area contributed by atoms with E-state index >= 15 is 0 Å². The van der Waals surface area contributed by atoms with Crippen molar-refractivity contribution >= 4 is 5.91 Å². The maximum absolute atomic E-state index is 11.8. The summed E-state index contributed by atoms with van der Waals surface area (Å²) in [6, 6.07) is 2.07. The number of nitrogens with zero attached hydrogens (tertiary/aromatic N) is 2. The highest BCUT2D eigenvalue weighted by Crippen LogP contribution is 2.20. The lowest BCUT2D eigenvalue weighted by molar-refractivity contribution is -0.125. The molecule has 98 valence electrons. The van der Waals surface area contributed by atoms with Gasteiger partial charge in [0.15, 0.2) is 0 Å². The van der Waals surface area contributed by atoms with Crippen LogP contribution in [-0.2, 0) is 24.2 Å². The maximum atomic E-state index is 11.8. The SMILES string of the molecule is CC(C(=O)NCc1cnc2c(c1)CCC2)N(C)C. The number of hydrogen-bond donors (Lipinski definition) is 1. The van der Waals surface area contributed by atoms with E-state index < -0.39 is 0 Å². The zero-order valence-electron chi connectivity index (χ0n) is 11.4. The van der Waals surface area contributed by atoms with Crippen LogP contribution in [0.25, 0.3) is 0 Å². The Labute approximate surface area is 108 Å². The molecule has 0 saturated carbocycles. The standard InChI is InChI=1S/C14H21N3O/c1-10(17(2)3)14(18)16-9-11-7-12-5-4-6-13(12)15-8-11/h7-8,10H,4-6,9H2,1-3H3,(H,16,18). The van der Waals surface area contributed by atoms with Gasteiger partial charge in [-0.1, -0.05) is 6.07 Å². The van der Waals surface area contributed by atoms with Crippen LogP contribution in [0.15, 0.2) is 12.3 Å². The number of aromatic nitrogens is 1. The van der Waals surface area contributed by atoms with Gasteiger partial charge in [-0.2, -0.15) is 0 Å². The summed E-state index contributed by atoms with van der Waals surface area (Å²) in [6.45, 7) is 2.47. The monoisotopic (exact) mass is 247 g/mol. The summed E-state index contributed by atoms with van der Waals surface area (Å²) in [6.07, 6.45) is 5.30. The predicted molar refractivity (Wildman–Crippen MR) is 71.3 cm³/mol. The largest absolute Gasteiger partial charge is 0.351 e. The first-order valence-corrected chi connectivity index (χ1v) is 6.48. The van der Waals surface area contributed by atoms with Crippen LogP contribution in [0.2, 0.25) is 0 Å². The Balaban J connectivity index is 1.93. The van der Waals surface area contributed by atoms with Gasteiger partial charge in [-0.05, 0) is 51.4 Å². The third kappa shape index (κ3) is 2.88. The van der Waals surface area contributed by atoms with Crippen molar-refractivity contribution < 1.29 is 4.79 Å². The van der Waals surface area contributed by atoms with Gasteiger partial charge in [0.05, 0.1) is 6.04 Å². The predicted octanol–water partition coefficient (Wildman–Crippen LogP) is 1.14. The van der Waals surface area contributed by atoms with Crippen molar-refractivity contribution in [3.8, 4) is 0 Å². The molecule has 0 spiro atoms. The molecule has 1 heterocycles. The number of hydrogen-bond acceptors (Lipinski definition) is 3. The maximum Gasteiger partial charge on any atom is 0.237 e. The fourth-order valence-electron chi connectivity index (χ4n) is 2.14. The van der Waals surface area contributed by atoms with Crippen LogP contribution in [0.3, 0.4) is 0 Å². The topological polar surface area (TPSA) is 45.2 Å². The molecule has 4 heteroatoms. The van der Waals surface area contributed by atoms with Gasteiger partial charge in [-0.3, -0.25) is 14.7 Å². The molecule has 0 radical (unpaired) electrons. The number of rotatable bonds is 4. The molecule has 1 atom stereocenters. The minimum atomic E-state index is -0.104. The van der Waals surface area contributed by atoms with E-state index in [1.807, 2.05) is 32.1 Å². The Morgan fingerprint density at radius 1 is 1.50 bits per heavy atom. The number of carbonyl (C=O) groups excluding carboxylic acids is 1.